The highest BCUT2D eigenvalue weighted by Gasteiger charge is 2.41. The molecule has 0 radical (unpaired) electrons. The number of aliphatic hydroxyl groups is 1. The van der Waals surface area contributed by atoms with Crippen molar-refractivity contribution in [2.75, 3.05) is 20.8 Å². The molecule has 0 fully saturated rings. The molecule has 2 unspecified atom stereocenters. The SMILES string of the molecule is CC=CC1(O)C(OC)=CC(COC(=O)c2cc(O)c(O)c(O)c2)=CC1OC. The van der Waals surface area contributed by atoms with E-state index in [0.29, 0.717) is 5.57 Å². The van der Waals surface area contributed by atoms with E-state index in [9.17, 15) is 25.2 Å². The largest absolute Gasteiger partial charge is 0.504 e. The molecule has 0 saturated heterocycles. The number of aromatic hydroxyl groups is 3. The Kier molecular flexibility index (Phi) is 6.14. The van der Waals surface area contributed by atoms with Gasteiger partial charge in [-0.3, -0.25) is 0 Å². The van der Waals surface area contributed by atoms with E-state index in [1.807, 2.05) is 0 Å². The first-order chi connectivity index (χ1) is 12.8. The molecule has 1 aliphatic rings. The first-order valence-electron chi connectivity index (χ1n) is 8.04. The molecule has 0 aliphatic heterocycles. The average Bonchev–Trinajstić information content (AvgIpc) is 2.64. The van der Waals surface area contributed by atoms with Crippen LogP contribution in [0.25, 0.3) is 0 Å². The molecular formula is C19H22O8. The van der Waals surface area contributed by atoms with Gasteiger partial charge in [-0.1, -0.05) is 6.08 Å². The van der Waals surface area contributed by atoms with Gasteiger partial charge in [-0.25, -0.2) is 4.79 Å². The van der Waals surface area contributed by atoms with Crippen LogP contribution in [0.1, 0.15) is 17.3 Å². The molecule has 1 aromatic rings. The molecule has 1 aromatic carbocycles. The minimum atomic E-state index is -1.49. The van der Waals surface area contributed by atoms with Crippen LogP contribution in [0.4, 0.5) is 0 Å². The molecular weight excluding hydrogens is 356 g/mol. The summed E-state index contributed by atoms with van der Waals surface area (Å²) in [6, 6.07) is 1.96. The molecule has 4 N–H and O–H groups in total. The average molecular weight is 378 g/mol. The van der Waals surface area contributed by atoms with Crippen LogP contribution < -0.4 is 0 Å². The van der Waals surface area contributed by atoms with Crippen molar-refractivity contribution in [3.8, 4) is 17.2 Å². The number of hydrogen-bond donors (Lipinski definition) is 4. The maximum absolute atomic E-state index is 12.1. The van der Waals surface area contributed by atoms with E-state index in [4.69, 9.17) is 14.2 Å². The van der Waals surface area contributed by atoms with Gasteiger partial charge in [-0.15, -0.1) is 0 Å². The van der Waals surface area contributed by atoms with Crippen molar-refractivity contribution in [3.63, 3.8) is 0 Å². The molecule has 0 saturated carbocycles. The van der Waals surface area contributed by atoms with Crippen molar-refractivity contribution in [1.29, 1.82) is 0 Å². The maximum atomic E-state index is 12.1. The van der Waals surface area contributed by atoms with Gasteiger partial charge in [-0.2, -0.15) is 0 Å². The van der Waals surface area contributed by atoms with Gasteiger partial charge in [-0.05, 0) is 42.9 Å². The topological polar surface area (TPSA) is 126 Å². The zero-order chi connectivity index (χ0) is 20.2. The van der Waals surface area contributed by atoms with E-state index in [2.05, 4.69) is 0 Å². The van der Waals surface area contributed by atoms with E-state index < -0.39 is 34.9 Å². The lowest BCUT2D eigenvalue weighted by atomic mass is 9.86. The summed E-state index contributed by atoms with van der Waals surface area (Å²) in [4.78, 5) is 12.1. The first kappa shape index (κ1) is 20.3. The predicted octanol–water partition coefficient (Wildman–Crippen LogP) is 1.75. The van der Waals surface area contributed by atoms with Crippen LogP contribution >= 0.6 is 0 Å². The molecule has 146 valence electrons. The first-order valence-corrected chi connectivity index (χ1v) is 8.04. The molecule has 8 heteroatoms. The summed E-state index contributed by atoms with van der Waals surface area (Å²) in [5, 5.41) is 39.1. The number of phenols is 3. The number of esters is 1. The number of carbonyl (C=O) groups excluding carboxylic acids is 1. The Balaban J connectivity index is 2.19. The third-order valence-corrected chi connectivity index (χ3v) is 4.08. The summed E-state index contributed by atoms with van der Waals surface area (Å²) in [7, 11) is 2.84. The van der Waals surface area contributed by atoms with Crippen LogP contribution in [0.3, 0.4) is 0 Å². The summed E-state index contributed by atoms with van der Waals surface area (Å²) >= 11 is 0. The highest BCUT2D eigenvalue weighted by Crippen LogP contribution is 2.36. The lowest BCUT2D eigenvalue weighted by Crippen LogP contribution is -2.45. The molecule has 8 nitrogen and oxygen atoms in total. The number of ether oxygens (including phenoxy) is 3. The van der Waals surface area contributed by atoms with Gasteiger partial charge in [0.1, 0.15) is 18.5 Å². The highest BCUT2D eigenvalue weighted by molar-refractivity contribution is 5.91. The van der Waals surface area contributed by atoms with E-state index in [1.54, 1.807) is 19.1 Å². The third kappa shape index (κ3) is 4.07. The molecule has 0 aromatic heterocycles. The standard InChI is InChI=1S/C19H22O8/c1-4-5-19(24)15(25-2)6-11(7-16(19)26-3)10-27-18(23)12-8-13(20)17(22)14(21)9-12/h4-9,15,20-22,24H,10H2,1-3H3. The minimum absolute atomic E-state index is 0.135. The quantitative estimate of drug-likeness (QED) is 0.335. The number of benzene rings is 1. The summed E-state index contributed by atoms with van der Waals surface area (Å²) in [5.74, 6) is -2.61. The Labute approximate surface area is 156 Å². The molecule has 0 amide bonds. The van der Waals surface area contributed by atoms with Crippen molar-refractivity contribution in [3.05, 3.63) is 53.3 Å². The van der Waals surface area contributed by atoms with Gasteiger partial charge >= 0.3 is 5.97 Å². The van der Waals surface area contributed by atoms with Crippen molar-refractivity contribution in [2.24, 2.45) is 0 Å². The van der Waals surface area contributed by atoms with Crippen molar-refractivity contribution < 1.29 is 39.4 Å². The Morgan fingerprint density at radius 2 is 1.85 bits per heavy atom. The molecule has 2 atom stereocenters. The van der Waals surface area contributed by atoms with Crippen LogP contribution in [0.2, 0.25) is 0 Å². The number of allylic oxidation sites excluding steroid dienone is 1. The number of carbonyl (C=O) groups is 1. The Morgan fingerprint density at radius 1 is 1.22 bits per heavy atom. The van der Waals surface area contributed by atoms with Gasteiger partial charge in [0.05, 0.1) is 12.7 Å². The van der Waals surface area contributed by atoms with Crippen LogP contribution in [0.5, 0.6) is 17.2 Å². The summed E-state index contributed by atoms with van der Waals surface area (Å²) in [6.07, 6.45) is 5.58. The normalized spacial score (nSPS) is 22.3. The van der Waals surface area contributed by atoms with Crippen LogP contribution in [0, 0.1) is 0 Å². The van der Waals surface area contributed by atoms with Crippen LogP contribution in [-0.2, 0) is 14.2 Å². The second-order valence-corrected chi connectivity index (χ2v) is 5.88. The van der Waals surface area contributed by atoms with Gasteiger partial charge < -0.3 is 34.6 Å². The Hall–Kier alpha value is -2.97. The molecule has 0 bridgehead atoms. The fourth-order valence-corrected chi connectivity index (χ4v) is 2.74. The van der Waals surface area contributed by atoms with Gasteiger partial charge in [0, 0.05) is 7.11 Å². The Morgan fingerprint density at radius 3 is 2.37 bits per heavy atom. The zero-order valence-corrected chi connectivity index (χ0v) is 15.2. The van der Waals surface area contributed by atoms with Gasteiger partial charge in [0.2, 0.25) is 0 Å². The third-order valence-electron chi connectivity index (χ3n) is 4.08. The van der Waals surface area contributed by atoms with Crippen LogP contribution in [-0.4, -0.2) is 58.9 Å². The van der Waals surface area contributed by atoms with E-state index in [-0.39, 0.29) is 17.9 Å². The molecule has 0 spiro atoms. The Bertz CT molecular complexity index is 785. The van der Waals surface area contributed by atoms with Gasteiger partial charge in [0.25, 0.3) is 0 Å². The molecule has 27 heavy (non-hydrogen) atoms. The molecule has 0 heterocycles. The van der Waals surface area contributed by atoms with Gasteiger partial charge in [0.15, 0.2) is 22.8 Å². The van der Waals surface area contributed by atoms with Crippen molar-refractivity contribution in [1.82, 2.24) is 0 Å². The van der Waals surface area contributed by atoms with E-state index >= 15 is 0 Å². The highest BCUT2D eigenvalue weighted by atomic mass is 16.5. The maximum Gasteiger partial charge on any atom is 0.338 e. The second kappa shape index (κ2) is 8.15. The summed E-state index contributed by atoms with van der Waals surface area (Å²) in [6.45, 7) is 1.58. The smallest absolute Gasteiger partial charge is 0.338 e. The molecule has 2 rings (SSSR count). The minimum Gasteiger partial charge on any atom is -0.504 e. The van der Waals surface area contributed by atoms with Crippen LogP contribution in [0.15, 0.2) is 47.8 Å². The summed E-state index contributed by atoms with van der Waals surface area (Å²) < 4.78 is 15.8. The fourth-order valence-electron chi connectivity index (χ4n) is 2.74. The predicted molar refractivity (Wildman–Crippen MR) is 95.5 cm³/mol. The lowest BCUT2D eigenvalue weighted by Gasteiger charge is -2.35. The molecule has 1 aliphatic carbocycles. The van der Waals surface area contributed by atoms with E-state index in [0.717, 1.165) is 12.1 Å². The lowest BCUT2D eigenvalue weighted by molar-refractivity contribution is -0.0442. The summed E-state index contributed by atoms with van der Waals surface area (Å²) in [5.41, 5.74) is -1.10. The number of hydrogen-bond acceptors (Lipinski definition) is 8. The number of methoxy groups -OCH3 is 2. The number of phenolic OH excluding ortho intramolecular Hbond substituents is 3. The second-order valence-electron chi connectivity index (χ2n) is 5.88. The van der Waals surface area contributed by atoms with Crippen molar-refractivity contribution >= 4 is 5.97 Å². The van der Waals surface area contributed by atoms with Crippen molar-refractivity contribution in [2.45, 2.75) is 18.6 Å². The van der Waals surface area contributed by atoms with E-state index in [1.165, 1.54) is 26.4 Å². The zero-order valence-electron chi connectivity index (χ0n) is 15.2. The monoisotopic (exact) mass is 378 g/mol. The fraction of sp³-hybridized carbons (Fsp3) is 0.316. The number of rotatable bonds is 6.